The summed E-state index contributed by atoms with van der Waals surface area (Å²) < 4.78 is 0. The van der Waals surface area contributed by atoms with E-state index in [1.807, 2.05) is 24.3 Å². The lowest BCUT2D eigenvalue weighted by Crippen LogP contribution is -2.21. The smallest absolute Gasteiger partial charge is 0.250 e. The number of primary amides is 1. The van der Waals surface area contributed by atoms with Crippen molar-refractivity contribution in [3.63, 3.8) is 0 Å². The van der Waals surface area contributed by atoms with Crippen LogP contribution in [0.4, 0.5) is 11.5 Å². The second-order valence-corrected chi connectivity index (χ2v) is 8.07. The quantitative estimate of drug-likeness (QED) is 0.449. The van der Waals surface area contributed by atoms with Crippen LogP contribution in [-0.2, 0) is 13.0 Å². The minimum Gasteiger partial charge on any atom is -0.370 e. The molecule has 4 aromatic rings. The second-order valence-electron chi connectivity index (χ2n) is 8.07. The average Bonchev–Trinajstić information content (AvgIpc) is 3.15. The second kappa shape index (κ2) is 8.30. The first-order chi connectivity index (χ1) is 15.6. The molecule has 0 aliphatic carbocycles. The van der Waals surface area contributed by atoms with Crippen molar-refractivity contribution in [1.82, 2.24) is 20.2 Å². The molecule has 2 aromatic heterocycles. The van der Waals surface area contributed by atoms with Crippen molar-refractivity contribution in [2.24, 2.45) is 5.73 Å². The minimum absolute atomic E-state index is 0.377. The molecule has 0 atom stereocenters. The fourth-order valence-corrected chi connectivity index (χ4v) is 4.25. The summed E-state index contributed by atoms with van der Waals surface area (Å²) in [6.07, 6.45) is 3.06. The van der Waals surface area contributed by atoms with Crippen LogP contribution in [0.25, 0.3) is 22.4 Å². The molecule has 3 heterocycles. The van der Waals surface area contributed by atoms with E-state index in [0.29, 0.717) is 29.1 Å². The molecule has 0 fully saturated rings. The molecule has 8 heteroatoms. The highest BCUT2D eigenvalue weighted by molar-refractivity contribution is 6.07. The SMILES string of the molecule is CN1CCCCc2nc(-c3[nH]nc4c(C(N)=O)cccc34)nc(NCc3ccccc3)c21. The monoisotopic (exact) mass is 427 g/mol. The number of hydrogen-bond acceptors (Lipinski definition) is 6. The Labute approximate surface area is 185 Å². The summed E-state index contributed by atoms with van der Waals surface area (Å²) in [7, 11) is 2.09. The van der Waals surface area contributed by atoms with Crippen molar-refractivity contribution in [2.45, 2.75) is 25.8 Å². The molecule has 1 aliphatic rings. The van der Waals surface area contributed by atoms with E-state index in [4.69, 9.17) is 15.7 Å². The zero-order chi connectivity index (χ0) is 22.1. The third-order valence-corrected chi connectivity index (χ3v) is 5.87. The van der Waals surface area contributed by atoms with Crippen molar-refractivity contribution in [3.8, 4) is 11.5 Å². The summed E-state index contributed by atoms with van der Waals surface area (Å²) in [4.78, 5) is 23.9. The maximum absolute atomic E-state index is 11.8. The summed E-state index contributed by atoms with van der Waals surface area (Å²) in [5, 5.41) is 11.7. The fraction of sp³-hybridized carbons (Fsp3) is 0.250. The van der Waals surface area contributed by atoms with Gasteiger partial charge in [-0.25, -0.2) is 9.97 Å². The zero-order valence-electron chi connectivity index (χ0n) is 17.9. The number of H-pyrrole nitrogens is 1. The number of nitrogens with two attached hydrogens (primary N) is 1. The summed E-state index contributed by atoms with van der Waals surface area (Å²) in [5.41, 5.74) is 10.4. The Hall–Kier alpha value is -3.94. The van der Waals surface area contributed by atoms with Crippen LogP contribution in [0.1, 0.15) is 34.5 Å². The molecular formula is C24H25N7O. The van der Waals surface area contributed by atoms with Crippen LogP contribution in [-0.4, -0.2) is 39.7 Å². The van der Waals surface area contributed by atoms with E-state index in [9.17, 15) is 4.79 Å². The van der Waals surface area contributed by atoms with Gasteiger partial charge in [0.1, 0.15) is 16.9 Å². The van der Waals surface area contributed by atoms with Crippen molar-refractivity contribution in [3.05, 3.63) is 65.4 Å². The Balaban J connectivity index is 1.62. The lowest BCUT2D eigenvalue weighted by molar-refractivity contribution is 0.100. The molecule has 4 N–H and O–H groups in total. The topological polar surface area (TPSA) is 113 Å². The first kappa shape index (κ1) is 20.0. The Morgan fingerprint density at radius 1 is 1.12 bits per heavy atom. The summed E-state index contributed by atoms with van der Waals surface area (Å²) in [5.74, 6) is 0.842. The number of aromatic amines is 1. The van der Waals surface area contributed by atoms with Gasteiger partial charge in [-0.2, -0.15) is 5.10 Å². The molecule has 1 aliphatic heterocycles. The van der Waals surface area contributed by atoms with E-state index >= 15 is 0 Å². The summed E-state index contributed by atoms with van der Waals surface area (Å²) >= 11 is 0. The number of nitrogens with zero attached hydrogens (tertiary/aromatic N) is 4. The number of para-hydroxylation sites is 1. The Morgan fingerprint density at radius 2 is 1.97 bits per heavy atom. The van der Waals surface area contributed by atoms with Crippen molar-refractivity contribution >= 4 is 28.3 Å². The molecule has 162 valence electrons. The van der Waals surface area contributed by atoms with E-state index in [1.54, 1.807) is 12.1 Å². The van der Waals surface area contributed by atoms with Crippen LogP contribution in [0, 0.1) is 0 Å². The van der Waals surface area contributed by atoms with Crippen LogP contribution in [0.3, 0.4) is 0 Å². The highest BCUT2D eigenvalue weighted by Crippen LogP contribution is 2.34. The lowest BCUT2D eigenvalue weighted by atomic mass is 10.1. The van der Waals surface area contributed by atoms with E-state index in [0.717, 1.165) is 48.4 Å². The van der Waals surface area contributed by atoms with Gasteiger partial charge in [-0.05, 0) is 30.9 Å². The number of anilines is 2. The standard InChI is InChI=1S/C24H25N7O/c1-31-13-6-5-12-18-21(31)24(26-14-15-8-3-2-4-9-15)28-23(27-18)20-16-10-7-11-17(22(25)32)19(16)29-30-20/h2-4,7-11H,5-6,12-14H2,1H3,(H2,25,32)(H,29,30)(H,26,27,28). The lowest BCUT2D eigenvalue weighted by Gasteiger charge is -2.23. The van der Waals surface area contributed by atoms with Gasteiger partial charge in [-0.3, -0.25) is 9.89 Å². The van der Waals surface area contributed by atoms with Gasteiger partial charge in [0.25, 0.3) is 5.91 Å². The average molecular weight is 428 g/mol. The van der Waals surface area contributed by atoms with Crippen LogP contribution in [0.2, 0.25) is 0 Å². The zero-order valence-corrected chi connectivity index (χ0v) is 17.9. The van der Waals surface area contributed by atoms with E-state index < -0.39 is 5.91 Å². The predicted octanol–water partition coefficient (Wildman–Crippen LogP) is 3.50. The molecular weight excluding hydrogens is 402 g/mol. The van der Waals surface area contributed by atoms with Crippen LogP contribution in [0.15, 0.2) is 48.5 Å². The number of carbonyl (C=O) groups excluding carboxylic acids is 1. The van der Waals surface area contributed by atoms with Gasteiger partial charge in [0, 0.05) is 25.5 Å². The van der Waals surface area contributed by atoms with Gasteiger partial charge in [-0.15, -0.1) is 0 Å². The van der Waals surface area contributed by atoms with Gasteiger partial charge in [0.2, 0.25) is 0 Å². The summed E-state index contributed by atoms with van der Waals surface area (Å²) in [6.45, 7) is 1.62. The number of carbonyl (C=O) groups is 1. The van der Waals surface area contributed by atoms with Gasteiger partial charge in [0.05, 0.1) is 11.3 Å². The van der Waals surface area contributed by atoms with Crippen molar-refractivity contribution in [1.29, 1.82) is 0 Å². The van der Waals surface area contributed by atoms with Crippen LogP contribution < -0.4 is 16.0 Å². The number of hydrogen-bond donors (Lipinski definition) is 3. The van der Waals surface area contributed by atoms with E-state index in [-0.39, 0.29) is 0 Å². The third kappa shape index (κ3) is 3.64. The Kier molecular flexibility index (Phi) is 5.18. The third-order valence-electron chi connectivity index (χ3n) is 5.87. The van der Waals surface area contributed by atoms with Crippen LogP contribution >= 0.6 is 0 Å². The highest BCUT2D eigenvalue weighted by Gasteiger charge is 2.23. The molecule has 32 heavy (non-hydrogen) atoms. The molecule has 2 aromatic carbocycles. The maximum Gasteiger partial charge on any atom is 0.250 e. The molecule has 0 radical (unpaired) electrons. The number of amides is 1. The largest absolute Gasteiger partial charge is 0.370 e. The Morgan fingerprint density at radius 3 is 2.78 bits per heavy atom. The van der Waals surface area contributed by atoms with Gasteiger partial charge in [0.15, 0.2) is 11.6 Å². The molecule has 0 unspecified atom stereocenters. The maximum atomic E-state index is 11.8. The van der Waals surface area contributed by atoms with E-state index in [1.165, 1.54) is 5.56 Å². The Bertz CT molecular complexity index is 1280. The molecule has 8 nitrogen and oxygen atoms in total. The van der Waals surface area contributed by atoms with Crippen LogP contribution in [0.5, 0.6) is 0 Å². The minimum atomic E-state index is -0.511. The fourth-order valence-electron chi connectivity index (χ4n) is 4.25. The van der Waals surface area contributed by atoms with Gasteiger partial charge >= 0.3 is 0 Å². The molecule has 1 amide bonds. The molecule has 5 rings (SSSR count). The first-order valence-electron chi connectivity index (χ1n) is 10.8. The molecule has 0 saturated carbocycles. The number of nitrogens with one attached hydrogen (secondary N) is 2. The number of aromatic nitrogens is 4. The number of fused-ring (bicyclic) bond motifs is 2. The molecule has 0 spiro atoms. The van der Waals surface area contributed by atoms with Gasteiger partial charge < -0.3 is 16.0 Å². The number of rotatable bonds is 5. The van der Waals surface area contributed by atoms with E-state index in [2.05, 4.69) is 39.6 Å². The van der Waals surface area contributed by atoms with Crippen molar-refractivity contribution < 1.29 is 4.79 Å². The number of benzene rings is 2. The predicted molar refractivity (Wildman–Crippen MR) is 126 cm³/mol. The molecule has 0 bridgehead atoms. The van der Waals surface area contributed by atoms with Crippen molar-refractivity contribution in [2.75, 3.05) is 23.8 Å². The first-order valence-corrected chi connectivity index (χ1v) is 10.8. The summed E-state index contributed by atoms with van der Waals surface area (Å²) in [6, 6.07) is 15.6. The van der Waals surface area contributed by atoms with Gasteiger partial charge in [-0.1, -0.05) is 42.5 Å². The highest BCUT2D eigenvalue weighted by atomic mass is 16.1. The number of aryl methyl sites for hydroxylation is 1. The molecule has 0 saturated heterocycles. The normalized spacial score (nSPS) is 13.6.